The first-order valence-corrected chi connectivity index (χ1v) is 9.98. The van der Waals surface area contributed by atoms with Crippen LogP contribution in [0.1, 0.15) is 46.9 Å². The van der Waals surface area contributed by atoms with Crippen molar-refractivity contribution in [2.24, 2.45) is 5.73 Å². The number of nitrogens with two attached hydrogens (primary N) is 1. The van der Waals surface area contributed by atoms with Crippen molar-refractivity contribution in [3.05, 3.63) is 59.5 Å². The molecule has 0 spiro atoms. The number of piperidine rings is 1. The normalized spacial score (nSPS) is 16.9. The number of pyridine rings is 1. The SMILES string of the molecule is Cc1ccn(CCC(=O)N2CCCC(c3nc4ccccc4cc3C(N)=O)C2)n1. The maximum Gasteiger partial charge on any atom is 0.250 e. The van der Waals surface area contributed by atoms with Gasteiger partial charge in [-0.15, -0.1) is 0 Å². The Hall–Kier alpha value is -3.22. The molecule has 1 saturated heterocycles. The molecule has 1 aliphatic heterocycles. The van der Waals surface area contributed by atoms with E-state index in [1.807, 2.05) is 54.4 Å². The van der Waals surface area contributed by atoms with E-state index in [1.54, 1.807) is 4.68 Å². The number of hydrogen-bond donors (Lipinski definition) is 1. The Balaban J connectivity index is 1.52. The van der Waals surface area contributed by atoms with Crippen molar-refractivity contribution in [3.8, 4) is 0 Å². The number of carbonyl (C=O) groups excluding carboxylic acids is 2. The van der Waals surface area contributed by atoms with Gasteiger partial charge in [0.05, 0.1) is 22.5 Å². The summed E-state index contributed by atoms with van der Waals surface area (Å²) in [5, 5.41) is 5.23. The van der Waals surface area contributed by atoms with Gasteiger partial charge in [-0.25, -0.2) is 0 Å². The molecule has 0 aliphatic carbocycles. The van der Waals surface area contributed by atoms with E-state index >= 15 is 0 Å². The molecule has 7 nitrogen and oxygen atoms in total. The van der Waals surface area contributed by atoms with E-state index in [-0.39, 0.29) is 11.8 Å². The first-order chi connectivity index (χ1) is 14.0. The fraction of sp³-hybridized carbons (Fsp3) is 0.364. The number of likely N-dealkylation sites (tertiary alicyclic amines) is 1. The molecule has 1 atom stereocenters. The zero-order valence-electron chi connectivity index (χ0n) is 16.5. The molecule has 2 aromatic heterocycles. The third kappa shape index (κ3) is 4.13. The summed E-state index contributed by atoms with van der Waals surface area (Å²) in [5.41, 5.74) is 8.59. The van der Waals surface area contributed by atoms with Crippen LogP contribution in [0.5, 0.6) is 0 Å². The first kappa shape index (κ1) is 19.1. The maximum atomic E-state index is 12.8. The van der Waals surface area contributed by atoms with Gasteiger partial charge in [0.2, 0.25) is 5.91 Å². The molecular formula is C22H25N5O2. The van der Waals surface area contributed by atoms with Crippen LogP contribution in [0.25, 0.3) is 10.9 Å². The Morgan fingerprint density at radius 3 is 2.83 bits per heavy atom. The lowest BCUT2D eigenvalue weighted by Gasteiger charge is -2.33. The molecule has 3 aromatic rings. The van der Waals surface area contributed by atoms with E-state index in [0.717, 1.165) is 36.0 Å². The molecule has 1 fully saturated rings. The topological polar surface area (TPSA) is 94.1 Å². The average molecular weight is 391 g/mol. The zero-order chi connectivity index (χ0) is 20.4. The number of rotatable bonds is 5. The van der Waals surface area contributed by atoms with Crippen molar-refractivity contribution in [1.82, 2.24) is 19.7 Å². The lowest BCUT2D eigenvalue weighted by atomic mass is 9.90. The van der Waals surface area contributed by atoms with Crippen LogP contribution in [-0.4, -0.2) is 44.6 Å². The fourth-order valence-electron chi connectivity index (χ4n) is 4.02. The van der Waals surface area contributed by atoms with Gasteiger partial charge in [-0.2, -0.15) is 5.10 Å². The van der Waals surface area contributed by atoms with E-state index in [4.69, 9.17) is 10.7 Å². The highest BCUT2D eigenvalue weighted by Gasteiger charge is 2.28. The number of carbonyl (C=O) groups is 2. The highest BCUT2D eigenvalue weighted by Crippen LogP contribution is 2.30. The molecule has 2 N–H and O–H groups in total. The zero-order valence-corrected chi connectivity index (χ0v) is 16.5. The second-order valence-corrected chi connectivity index (χ2v) is 7.63. The van der Waals surface area contributed by atoms with Gasteiger partial charge < -0.3 is 10.6 Å². The predicted octanol–water partition coefficient (Wildman–Crippen LogP) is 2.63. The number of hydrogen-bond acceptors (Lipinski definition) is 4. The molecule has 150 valence electrons. The Kier molecular flexibility index (Phi) is 5.29. The van der Waals surface area contributed by atoms with Gasteiger partial charge in [-0.1, -0.05) is 18.2 Å². The van der Waals surface area contributed by atoms with Crippen molar-refractivity contribution >= 4 is 22.7 Å². The fourth-order valence-corrected chi connectivity index (χ4v) is 4.02. The van der Waals surface area contributed by atoms with Gasteiger partial charge in [-0.3, -0.25) is 19.3 Å². The van der Waals surface area contributed by atoms with E-state index < -0.39 is 5.91 Å². The van der Waals surface area contributed by atoms with Crippen LogP contribution in [0, 0.1) is 6.92 Å². The summed E-state index contributed by atoms with van der Waals surface area (Å²) in [6.45, 7) is 3.78. The standard InChI is InChI=1S/C22H25N5O2/c1-15-8-11-27(25-15)12-9-20(28)26-10-4-6-17(14-26)21-18(22(23)29)13-16-5-2-3-7-19(16)24-21/h2-3,5,7-8,11,13,17H,4,6,9-10,12,14H2,1H3,(H2,23,29). The Morgan fingerprint density at radius 1 is 1.24 bits per heavy atom. The summed E-state index contributed by atoms with van der Waals surface area (Å²) < 4.78 is 1.80. The summed E-state index contributed by atoms with van der Waals surface area (Å²) in [7, 11) is 0. The number of aromatic nitrogens is 3. The van der Waals surface area contributed by atoms with Crippen LogP contribution in [0.4, 0.5) is 0 Å². The summed E-state index contributed by atoms with van der Waals surface area (Å²) in [4.78, 5) is 31.5. The number of amides is 2. The summed E-state index contributed by atoms with van der Waals surface area (Å²) >= 11 is 0. The Bertz CT molecular complexity index is 1060. The molecule has 0 bridgehead atoms. The molecule has 2 amide bonds. The van der Waals surface area contributed by atoms with Gasteiger partial charge in [0.15, 0.2) is 0 Å². The second kappa shape index (κ2) is 8.03. The lowest BCUT2D eigenvalue weighted by molar-refractivity contribution is -0.132. The minimum Gasteiger partial charge on any atom is -0.366 e. The highest BCUT2D eigenvalue weighted by atomic mass is 16.2. The number of benzene rings is 1. The minimum atomic E-state index is -0.476. The molecule has 1 unspecified atom stereocenters. The van der Waals surface area contributed by atoms with Crippen LogP contribution in [0.15, 0.2) is 42.6 Å². The van der Waals surface area contributed by atoms with Crippen molar-refractivity contribution in [1.29, 1.82) is 0 Å². The number of fused-ring (bicyclic) bond motifs is 1. The largest absolute Gasteiger partial charge is 0.366 e. The monoisotopic (exact) mass is 391 g/mol. The molecule has 0 radical (unpaired) electrons. The van der Waals surface area contributed by atoms with Crippen LogP contribution >= 0.6 is 0 Å². The number of aryl methyl sites for hydroxylation is 2. The average Bonchev–Trinajstić information content (AvgIpc) is 3.16. The smallest absolute Gasteiger partial charge is 0.250 e. The molecule has 1 aromatic carbocycles. The van der Waals surface area contributed by atoms with E-state index in [0.29, 0.717) is 30.8 Å². The predicted molar refractivity (Wildman–Crippen MR) is 110 cm³/mol. The van der Waals surface area contributed by atoms with E-state index in [2.05, 4.69) is 5.10 Å². The van der Waals surface area contributed by atoms with Gasteiger partial charge in [0, 0.05) is 43.6 Å². The molecule has 3 heterocycles. The third-order valence-corrected chi connectivity index (χ3v) is 5.51. The van der Waals surface area contributed by atoms with Gasteiger partial charge >= 0.3 is 0 Å². The van der Waals surface area contributed by atoms with Crippen molar-refractivity contribution in [2.75, 3.05) is 13.1 Å². The van der Waals surface area contributed by atoms with Gasteiger partial charge in [0.1, 0.15) is 0 Å². The first-order valence-electron chi connectivity index (χ1n) is 9.98. The summed E-state index contributed by atoms with van der Waals surface area (Å²) in [6, 6.07) is 11.4. The number of primary amides is 1. The Morgan fingerprint density at radius 2 is 2.07 bits per heavy atom. The third-order valence-electron chi connectivity index (χ3n) is 5.51. The molecule has 4 rings (SSSR count). The Labute approximate surface area is 169 Å². The van der Waals surface area contributed by atoms with Crippen LogP contribution in [-0.2, 0) is 11.3 Å². The molecular weight excluding hydrogens is 366 g/mol. The quantitative estimate of drug-likeness (QED) is 0.723. The highest BCUT2D eigenvalue weighted by molar-refractivity contribution is 5.97. The molecule has 0 saturated carbocycles. The second-order valence-electron chi connectivity index (χ2n) is 7.63. The molecule has 7 heteroatoms. The number of para-hydroxylation sites is 1. The lowest BCUT2D eigenvalue weighted by Crippen LogP contribution is -2.40. The molecule has 1 aliphatic rings. The van der Waals surface area contributed by atoms with E-state index in [1.165, 1.54) is 0 Å². The summed E-state index contributed by atoms with van der Waals surface area (Å²) in [6.07, 6.45) is 4.05. The van der Waals surface area contributed by atoms with Crippen molar-refractivity contribution in [3.63, 3.8) is 0 Å². The number of nitrogens with zero attached hydrogens (tertiary/aromatic N) is 4. The maximum absolute atomic E-state index is 12.8. The van der Waals surface area contributed by atoms with E-state index in [9.17, 15) is 9.59 Å². The molecule has 29 heavy (non-hydrogen) atoms. The van der Waals surface area contributed by atoms with Gasteiger partial charge in [-0.05, 0) is 38.0 Å². The van der Waals surface area contributed by atoms with Crippen LogP contribution < -0.4 is 5.73 Å². The van der Waals surface area contributed by atoms with Crippen molar-refractivity contribution in [2.45, 2.75) is 38.6 Å². The minimum absolute atomic E-state index is 0.00625. The summed E-state index contributed by atoms with van der Waals surface area (Å²) in [5.74, 6) is -0.369. The van der Waals surface area contributed by atoms with Crippen LogP contribution in [0.3, 0.4) is 0 Å². The van der Waals surface area contributed by atoms with Crippen molar-refractivity contribution < 1.29 is 9.59 Å². The van der Waals surface area contributed by atoms with Crippen LogP contribution in [0.2, 0.25) is 0 Å². The van der Waals surface area contributed by atoms with Gasteiger partial charge in [0.25, 0.3) is 5.91 Å².